The van der Waals surface area contributed by atoms with Gasteiger partial charge in [-0.25, -0.2) is 4.39 Å². The largest absolute Gasteiger partial charge is 0.496 e. The van der Waals surface area contributed by atoms with Crippen LogP contribution in [0, 0.1) is 12.7 Å². The van der Waals surface area contributed by atoms with E-state index in [-0.39, 0.29) is 5.82 Å². The number of hydrogen-bond donors (Lipinski definition) is 3. The lowest BCUT2D eigenvalue weighted by atomic mass is 10.1. The zero-order valence-electron chi connectivity index (χ0n) is 15.9. The highest BCUT2D eigenvalue weighted by molar-refractivity contribution is 5.83. The fourth-order valence-corrected chi connectivity index (χ4v) is 3.06. The lowest BCUT2D eigenvalue weighted by molar-refractivity contribution is 0.411. The summed E-state index contributed by atoms with van der Waals surface area (Å²) in [7, 11) is 3.43. The molecule has 5 nitrogen and oxygen atoms in total. The highest BCUT2D eigenvalue weighted by Gasteiger charge is 2.06. The molecule has 0 saturated heterocycles. The molecule has 1 heterocycles. The number of hydrogen-bond acceptors (Lipinski definition) is 2. The molecule has 0 aliphatic rings. The number of H-pyrrole nitrogens is 1. The van der Waals surface area contributed by atoms with Crippen molar-refractivity contribution < 1.29 is 9.13 Å². The van der Waals surface area contributed by atoms with Gasteiger partial charge in [0.15, 0.2) is 5.96 Å². The predicted molar refractivity (Wildman–Crippen MR) is 108 cm³/mol. The maximum Gasteiger partial charge on any atom is 0.191 e. The summed E-state index contributed by atoms with van der Waals surface area (Å²) < 4.78 is 18.6. The van der Waals surface area contributed by atoms with Crippen molar-refractivity contribution in [1.29, 1.82) is 0 Å². The van der Waals surface area contributed by atoms with Gasteiger partial charge in [0, 0.05) is 37.2 Å². The van der Waals surface area contributed by atoms with Crippen molar-refractivity contribution in [3.63, 3.8) is 0 Å². The molecule has 3 rings (SSSR count). The fraction of sp³-hybridized carbons (Fsp3) is 0.286. The van der Waals surface area contributed by atoms with Gasteiger partial charge in [-0.05, 0) is 54.3 Å². The zero-order chi connectivity index (χ0) is 19.2. The van der Waals surface area contributed by atoms with E-state index in [1.54, 1.807) is 14.2 Å². The Kier molecular flexibility index (Phi) is 5.96. The number of halogens is 1. The first-order valence-electron chi connectivity index (χ1n) is 8.94. The minimum absolute atomic E-state index is 0.230. The molecular weight excluding hydrogens is 343 g/mol. The molecule has 0 aliphatic heterocycles. The van der Waals surface area contributed by atoms with Crippen LogP contribution in [0.2, 0.25) is 0 Å². The number of rotatable bonds is 6. The summed E-state index contributed by atoms with van der Waals surface area (Å²) in [6, 6.07) is 11.0. The maximum atomic E-state index is 13.3. The predicted octanol–water partition coefficient (Wildman–Crippen LogP) is 3.53. The molecule has 27 heavy (non-hydrogen) atoms. The second-order valence-electron chi connectivity index (χ2n) is 6.41. The van der Waals surface area contributed by atoms with Gasteiger partial charge in [-0.2, -0.15) is 0 Å². The number of aliphatic imine (C=N–C) groups is 1. The smallest absolute Gasteiger partial charge is 0.191 e. The van der Waals surface area contributed by atoms with Gasteiger partial charge in [0.1, 0.15) is 11.6 Å². The highest BCUT2D eigenvalue weighted by atomic mass is 19.1. The van der Waals surface area contributed by atoms with E-state index in [4.69, 9.17) is 4.74 Å². The Morgan fingerprint density at radius 1 is 1.19 bits per heavy atom. The number of nitrogens with zero attached hydrogens (tertiary/aromatic N) is 1. The number of nitrogens with one attached hydrogen (secondary N) is 3. The summed E-state index contributed by atoms with van der Waals surface area (Å²) >= 11 is 0. The molecule has 0 amide bonds. The van der Waals surface area contributed by atoms with E-state index in [1.165, 1.54) is 12.1 Å². The third-order valence-electron chi connectivity index (χ3n) is 4.57. The van der Waals surface area contributed by atoms with Gasteiger partial charge >= 0.3 is 0 Å². The summed E-state index contributed by atoms with van der Waals surface area (Å²) in [6.45, 7) is 3.40. The van der Waals surface area contributed by atoms with Crippen LogP contribution < -0.4 is 15.4 Å². The minimum atomic E-state index is -0.230. The van der Waals surface area contributed by atoms with Crippen LogP contribution in [0.25, 0.3) is 10.9 Å². The SMILES string of the molecule is CN=C(NCCc1c[nH]c2cc(F)ccc12)NCc1ccc(C)c(OC)c1. The van der Waals surface area contributed by atoms with Crippen LogP contribution in [-0.2, 0) is 13.0 Å². The fourth-order valence-electron chi connectivity index (χ4n) is 3.06. The molecule has 2 aromatic carbocycles. The van der Waals surface area contributed by atoms with Crippen LogP contribution in [-0.4, -0.2) is 31.6 Å². The number of aromatic nitrogens is 1. The van der Waals surface area contributed by atoms with Crippen LogP contribution >= 0.6 is 0 Å². The van der Waals surface area contributed by atoms with Gasteiger partial charge in [-0.1, -0.05) is 12.1 Å². The van der Waals surface area contributed by atoms with Crippen LogP contribution in [0.3, 0.4) is 0 Å². The summed E-state index contributed by atoms with van der Waals surface area (Å²) in [4.78, 5) is 7.38. The number of methoxy groups -OCH3 is 1. The Bertz CT molecular complexity index is 949. The van der Waals surface area contributed by atoms with Crippen LogP contribution in [0.4, 0.5) is 4.39 Å². The molecule has 0 spiro atoms. The molecule has 0 bridgehead atoms. The van der Waals surface area contributed by atoms with Gasteiger partial charge in [0.25, 0.3) is 0 Å². The Morgan fingerprint density at radius 2 is 2.04 bits per heavy atom. The van der Waals surface area contributed by atoms with E-state index < -0.39 is 0 Å². The van der Waals surface area contributed by atoms with Crippen molar-refractivity contribution >= 4 is 16.9 Å². The summed E-state index contributed by atoms with van der Waals surface area (Å²) in [5.41, 5.74) is 4.21. The lowest BCUT2D eigenvalue weighted by Gasteiger charge is -2.13. The minimum Gasteiger partial charge on any atom is -0.496 e. The third kappa shape index (κ3) is 4.58. The van der Waals surface area contributed by atoms with E-state index >= 15 is 0 Å². The van der Waals surface area contributed by atoms with Gasteiger partial charge in [-0.15, -0.1) is 0 Å². The maximum absolute atomic E-state index is 13.3. The molecule has 3 aromatic rings. The van der Waals surface area contributed by atoms with Crippen molar-refractivity contribution in [2.45, 2.75) is 19.9 Å². The van der Waals surface area contributed by atoms with E-state index in [1.807, 2.05) is 31.3 Å². The average Bonchev–Trinajstić information content (AvgIpc) is 3.07. The number of fused-ring (bicyclic) bond motifs is 1. The monoisotopic (exact) mass is 368 g/mol. The number of benzene rings is 2. The Labute approximate surface area is 158 Å². The molecule has 0 unspecified atom stereocenters. The standard InChI is InChI=1S/C21H25FN4O/c1-14-4-5-15(10-20(14)27-3)12-26-21(23-2)24-9-8-16-13-25-19-11-17(22)6-7-18(16)19/h4-7,10-11,13,25H,8-9,12H2,1-3H3,(H2,23,24,26). The van der Waals surface area contributed by atoms with Crippen molar-refractivity contribution in [3.05, 3.63) is 65.1 Å². The molecule has 0 atom stereocenters. The lowest BCUT2D eigenvalue weighted by Crippen LogP contribution is -2.37. The second kappa shape index (κ2) is 8.58. The Balaban J connectivity index is 1.53. The van der Waals surface area contributed by atoms with Crippen molar-refractivity contribution in [1.82, 2.24) is 15.6 Å². The zero-order valence-corrected chi connectivity index (χ0v) is 15.9. The van der Waals surface area contributed by atoms with Gasteiger partial charge < -0.3 is 20.4 Å². The first-order chi connectivity index (χ1) is 13.1. The molecule has 1 aromatic heterocycles. The molecule has 0 fully saturated rings. The van der Waals surface area contributed by atoms with Crippen LogP contribution in [0.15, 0.2) is 47.6 Å². The number of guanidine groups is 1. The molecule has 3 N–H and O–H groups in total. The number of ether oxygens (including phenoxy) is 1. The topological polar surface area (TPSA) is 61.4 Å². The normalized spacial score (nSPS) is 11.6. The molecule has 0 radical (unpaired) electrons. The van der Waals surface area contributed by atoms with Crippen molar-refractivity contribution in [2.75, 3.05) is 20.7 Å². The van der Waals surface area contributed by atoms with E-state index in [9.17, 15) is 4.39 Å². The molecule has 6 heteroatoms. The summed E-state index contributed by atoms with van der Waals surface area (Å²) in [5, 5.41) is 7.67. The Hall–Kier alpha value is -3.02. The van der Waals surface area contributed by atoms with Gasteiger partial charge in [-0.3, -0.25) is 4.99 Å². The van der Waals surface area contributed by atoms with Gasteiger partial charge in [0.2, 0.25) is 0 Å². The molecule has 142 valence electrons. The van der Waals surface area contributed by atoms with Crippen molar-refractivity contribution in [2.24, 2.45) is 4.99 Å². The Morgan fingerprint density at radius 3 is 2.81 bits per heavy atom. The van der Waals surface area contributed by atoms with E-state index in [0.29, 0.717) is 6.54 Å². The van der Waals surface area contributed by atoms with Crippen LogP contribution in [0.1, 0.15) is 16.7 Å². The third-order valence-corrected chi connectivity index (χ3v) is 4.57. The molecule has 0 saturated carbocycles. The summed E-state index contributed by atoms with van der Waals surface area (Å²) in [5.74, 6) is 1.39. The number of aromatic amines is 1. The van der Waals surface area contributed by atoms with Crippen molar-refractivity contribution in [3.8, 4) is 5.75 Å². The first kappa shape index (κ1) is 18.8. The number of aryl methyl sites for hydroxylation is 1. The van der Waals surface area contributed by atoms with Crippen LogP contribution in [0.5, 0.6) is 5.75 Å². The molecule has 0 aliphatic carbocycles. The molecular formula is C21H25FN4O. The second-order valence-corrected chi connectivity index (χ2v) is 6.41. The van der Waals surface area contributed by atoms with Gasteiger partial charge in [0.05, 0.1) is 7.11 Å². The highest BCUT2D eigenvalue weighted by Crippen LogP contribution is 2.20. The van der Waals surface area contributed by atoms with E-state index in [0.717, 1.165) is 52.3 Å². The first-order valence-corrected chi connectivity index (χ1v) is 8.94. The summed E-state index contributed by atoms with van der Waals surface area (Å²) in [6.07, 6.45) is 2.74. The quantitative estimate of drug-likeness (QED) is 0.461. The van der Waals surface area contributed by atoms with E-state index in [2.05, 4.69) is 26.7 Å². The average molecular weight is 368 g/mol.